The number of nitrogens with zero attached hydrogens (tertiary/aromatic N) is 3. The second kappa shape index (κ2) is 8.63. The molecule has 2 heterocycles. The van der Waals surface area contributed by atoms with Gasteiger partial charge in [-0.2, -0.15) is 5.10 Å². The molecule has 0 bridgehead atoms. The minimum Gasteiger partial charge on any atom is -0.326 e. The normalized spacial score (nSPS) is 11.0. The Balaban J connectivity index is 1.76. The molecule has 0 aliphatic carbocycles. The fourth-order valence-corrected chi connectivity index (χ4v) is 3.62. The Kier molecular flexibility index (Phi) is 5.73. The molecule has 0 fully saturated rings. The maximum Gasteiger partial charge on any atom is 0.256 e. The van der Waals surface area contributed by atoms with E-state index in [1.807, 2.05) is 55.8 Å². The number of carbonyl (C=O) groups is 2. The maximum absolute atomic E-state index is 13.3. The fourth-order valence-electron chi connectivity index (χ4n) is 3.62. The zero-order chi connectivity index (χ0) is 22.8. The SMILES string of the molecule is CC(=O)Nc1ccc(NC(=O)c2cc(-c3ccccc3C)nc3c2cnn3C(C)C)cc1. The summed E-state index contributed by atoms with van der Waals surface area (Å²) in [5, 5.41) is 10.8. The third kappa shape index (κ3) is 4.23. The third-order valence-corrected chi connectivity index (χ3v) is 5.18. The van der Waals surface area contributed by atoms with Crippen LogP contribution in [0.2, 0.25) is 0 Å². The molecule has 2 N–H and O–H groups in total. The Hall–Kier alpha value is -4.00. The van der Waals surface area contributed by atoms with E-state index in [-0.39, 0.29) is 17.9 Å². The highest BCUT2D eigenvalue weighted by atomic mass is 16.2. The van der Waals surface area contributed by atoms with Gasteiger partial charge in [0.15, 0.2) is 5.65 Å². The standard InChI is InChI=1S/C25H25N5O2/c1-15(2)30-24-22(14-26-30)21(13-23(29-24)20-8-6-5-7-16(20)3)25(32)28-19-11-9-18(10-12-19)27-17(4)31/h5-15H,1-4H3,(H,27,31)(H,28,32). The van der Waals surface area contributed by atoms with Crippen molar-refractivity contribution < 1.29 is 9.59 Å². The van der Waals surface area contributed by atoms with Gasteiger partial charge >= 0.3 is 0 Å². The summed E-state index contributed by atoms with van der Waals surface area (Å²) in [6.07, 6.45) is 1.69. The summed E-state index contributed by atoms with van der Waals surface area (Å²) in [6.45, 7) is 7.54. The Bertz CT molecular complexity index is 1310. The highest BCUT2D eigenvalue weighted by Gasteiger charge is 2.19. The molecule has 0 aliphatic heterocycles. The second-order valence-corrected chi connectivity index (χ2v) is 8.00. The molecule has 2 aromatic heterocycles. The molecule has 0 spiro atoms. The van der Waals surface area contributed by atoms with Crippen LogP contribution in [-0.4, -0.2) is 26.6 Å². The predicted octanol–water partition coefficient (Wildman–Crippen LogP) is 5.20. The third-order valence-electron chi connectivity index (χ3n) is 5.18. The molecule has 32 heavy (non-hydrogen) atoms. The predicted molar refractivity (Wildman–Crippen MR) is 127 cm³/mol. The van der Waals surface area contributed by atoms with Crippen molar-refractivity contribution in [3.05, 3.63) is 71.9 Å². The number of pyridine rings is 1. The zero-order valence-corrected chi connectivity index (χ0v) is 18.5. The highest BCUT2D eigenvalue weighted by Crippen LogP contribution is 2.28. The number of anilines is 2. The van der Waals surface area contributed by atoms with Crippen molar-refractivity contribution in [1.29, 1.82) is 0 Å². The van der Waals surface area contributed by atoms with Crippen LogP contribution in [0.15, 0.2) is 60.8 Å². The molecular formula is C25H25N5O2. The van der Waals surface area contributed by atoms with Gasteiger partial charge in [-0.25, -0.2) is 9.67 Å². The van der Waals surface area contributed by atoms with Crippen LogP contribution in [0.5, 0.6) is 0 Å². The van der Waals surface area contributed by atoms with Crippen molar-refractivity contribution >= 4 is 34.2 Å². The van der Waals surface area contributed by atoms with Crippen LogP contribution in [0.25, 0.3) is 22.3 Å². The summed E-state index contributed by atoms with van der Waals surface area (Å²) in [6, 6.07) is 16.9. The summed E-state index contributed by atoms with van der Waals surface area (Å²) >= 11 is 0. The Morgan fingerprint density at radius 3 is 2.25 bits per heavy atom. The Labute approximate surface area is 186 Å². The lowest BCUT2D eigenvalue weighted by molar-refractivity contribution is -0.114. The number of aromatic nitrogens is 3. The van der Waals surface area contributed by atoms with E-state index in [2.05, 4.69) is 15.7 Å². The van der Waals surface area contributed by atoms with E-state index in [1.165, 1.54) is 6.92 Å². The summed E-state index contributed by atoms with van der Waals surface area (Å²) < 4.78 is 1.83. The zero-order valence-electron chi connectivity index (χ0n) is 18.5. The number of carbonyl (C=O) groups excluding carboxylic acids is 2. The first-order valence-electron chi connectivity index (χ1n) is 10.5. The number of hydrogen-bond donors (Lipinski definition) is 2. The van der Waals surface area contributed by atoms with Crippen LogP contribution < -0.4 is 10.6 Å². The van der Waals surface area contributed by atoms with Crippen LogP contribution >= 0.6 is 0 Å². The summed E-state index contributed by atoms with van der Waals surface area (Å²) in [7, 11) is 0. The van der Waals surface area contributed by atoms with Gasteiger partial charge in [-0.1, -0.05) is 24.3 Å². The van der Waals surface area contributed by atoms with E-state index in [4.69, 9.17) is 4.98 Å². The molecule has 7 heteroatoms. The van der Waals surface area contributed by atoms with Gasteiger partial charge < -0.3 is 10.6 Å². The van der Waals surface area contributed by atoms with Gasteiger partial charge in [-0.15, -0.1) is 0 Å². The van der Waals surface area contributed by atoms with E-state index in [1.54, 1.807) is 30.5 Å². The van der Waals surface area contributed by atoms with Gasteiger partial charge in [0.05, 0.1) is 22.8 Å². The molecule has 0 saturated heterocycles. The van der Waals surface area contributed by atoms with Gasteiger partial charge in [0, 0.05) is 29.9 Å². The maximum atomic E-state index is 13.3. The lowest BCUT2D eigenvalue weighted by atomic mass is 10.0. The number of nitrogens with one attached hydrogen (secondary N) is 2. The van der Waals surface area contributed by atoms with Crippen LogP contribution in [0, 0.1) is 6.92 Å². The van der Waals surface area contributed by atoms with E-state index in [0.717, 1.165) is 16.8 Å². The van der Waals surface area contributed by atoms with Gasteiger partial charge in [0.2, 0.25) is 5.91 Å². The average molecular weight is 428 g/mol. The molecule has 0 saturated carbocycles. The summed E-state index contributed by atoms with van der Waals surface area (Å²) in [5.74, 6) is -0.394. The molecule has 0 unspecified atom stereocenters. The summed E-state index contributed by atoms with van der Waals surface area (Å²) in [5.41, 5.74) is 5.25. The number of aryl methyl sites for hydroxylation is 1. The van der Waals surface area contributed by atoms with Crippen LogP contribution in [0.4, 0.5) is 11.4 Å². The van der Waals surface area contributed by atoms with Crippen molar-refractivity contribution in [1.82, 2.24) is 14.8 Å². The van der Waals surface area contributed by atoms with Crippen LogP contribution in [0.3, 0.4) is 0 Å². The highest BCUT2D eigenvalue weighted by molar-refractivity contribution is 6.12. The molecule has 4 aromatic rings. The van der Waals surface area contributed by atoms with Crippen molar-refractivity contribution in [2.45, 2.75) is 33.7 Å². The van der Waals surface area contributed by atoms with E-state index < -0.39 is 0 Å². The number of benzene rings is 2. The van der Waals surface area contributed by atoms with Crippen LogP contribution in [0.1, 0.15) is 42.7 Å². The molecule has 162 valence electrons. The first-order valence-corrected chi connectivity index (χ1v) is 10.5. The van der Waals surface area contributed by atoms with Gasteiger partial charge in [-0.05, 0) is 56.7 Å². The number of amides is 2. The number of fused-ring (bicyclic) bond motifs is 1. The molecular weight excluding hydrogens is 402 g/mol. The molecule has 0 aliphatic rings. The Morgan fingerprint density at radius 2 is 1.62 bits per heavy atom. The van der Waals surface area contributed by atoms with Crippen molar-refractivity contribution in [3.8, 4) is 11.3 Å². The fraction of sp³-hybridized carbons (Fsp3) is 0.200. The van der Waals surface area contributed by atoms with Crippen molar-refractivity contribution in [2.75, 3.05) is 10.6 Å². The van der Waals surface area contributed by atoms with Crippen molar-refractivity contribution in [2.24, 2.45) is 0 Å². The second-order valence-electron chi connectivity index (χ2n) is 8.00. The van der Waals surface area contributed by atoms with Crippen LogP contribution in [-0.2, 0) is 4.79 Å². The largest absolute Gasteiger partial charge is 0.326 e. The van der Waals surface area contributed by atoms with Gasteiger partial charge in [-0.3, -0.25) is 9.59 Å². The summed E-state index contributed by atoms with van der Waals surface area (Å²) in [4.78, 5) is 29.4. The molecule has 7 nitrogen and oxygen atoms in total. The van der Waals surface area contributed by atoms with E-state index in [0.29, 0.717) is 28.0 Å². The lowest BCUT2D eigenvalue weighted by Crippen LogP contribution is -2.13. The van der Waals surface area contributed by atoms with Crippen molar-refractivity contribution in [3.63, 3.8) is 0 Å². The topological polar surface area (TPSA) is 88.9 Å². The molecule has 2 amide bonds. The van der Waals surface area contributed by atoms with E-state index in [9.17, 15) is 9.59 Å². The minimum atomic E-state index is -0.247. The Morgan fingerprint density at radius 1 is 0.969 bits per heavy atom. The molecule has 2 aromatic carbocycles. The minimum absolute atomic E-state index is 0.101. The first kappa shape index (κ1) is 21.2. The quantitative estimate of drug-likeness (QED) is 0.458. The monoisotopic (exact) mass is 427 g/mol. The molecule has 0 radical (unpaired) electrons. The van der Waals surface area contributed by atoms with E-state index >= 15 is 0 Å². The molecule has 4 rings (SSSR count). The number of rotatable bonds is 5. The smallest absolute Gasteiger partial charge is 0.256 e. The van der Waals surface area contributed by atoms with Gasteiger partial charge in [0.25, 0.3) is 5.91 Å². The number of hydrogen-bond acceptors (Lipinski definition) is 4. The molecule has 0 atom stereocenters. The lowest BCUT2D eigenvalue weighted by Gasteiger charge is -2.12. The van der Waals surface area contributed by atoms with Gasteiger partial charge in [0.1, 0.15) is 0 Å². The average Bonchev–Trinajstić information content (AvgIpc) is 3.18. The first-order chi connectivity index (χ1) is 15.3.